The van der Waals surface area contributed by atoms with Crippen LogP contribution in [0.4, 0.5) is 23.7 Å². The number of nitrogens with zero attached hydrogens (tertiary/aromatic N) is 1. The molecule has 0 spiro atoms. The molecule has 3 atom stereocenters. The van der Waals surface area contributed by atoms with E-state index in [9.17, 15) is 38.0 Å². The summed E-state index contributed by atoms with van der Waals surface area (Å²) in [7, 11) is 0. The standard InChI is InChI=1S/C16H12F3N3O5S/c17-16(18,19)15(25)11(13(23)10-5-2-6-28-10)12(20-14(24)21-15)8-3-1-4-9(7-8)22(26)27/h1-7,11-12,25H,(H2,20,21,24). The number of halogens is 3. The van der Waals surface area contributed by atoms with Crippen LogP contribution in [0.25, 0.3) is 0 Å². The monoisotopic (exact) mass is 415 g/mol. The first-order valence-corrected chi connectivity index (χ1v) is 8.62. The second kappa shape index (κ2) is 6.87. The zero-order valence-electron chi connectivity index (χ0n) is 13.8. The molecule has 0 saturated carbocycles. The second-order valence-electron chi connectivity index (χ2n) is 6.01. The number of rotatable bonds is 4. The van der Waals surface area contributed by atoms with Crippen molar-refractivity contribution in [3.05, 3.63) is 62.3 Å². The van der Waals surface area contributed by atoms with Gasteiger partial charge in [-0.2, -0.15) is 13.2 Å². The molecule has 2 heterocycles. The van der Waals surface area contributed by atoms with E-state index in [0.29, 0.717) is 0 Å². The van der Waals surface area contributed by atoms with E-state index in [2.05, 4.69) is 5.32 Å². The molecule has 2 aromatic rings. The number of nitro groups is 1. The van der Waals surface area contributed by atoms with Gasteiger partial charge < -0.3 is 15.7 Å². The van der Waals surface area contributed by atoms with Crippen molar-refractivity contribution in [1.29, 1.82) is 0 Å². The van der Waals surface area contributed by atoms with Crippen LogP contribution in [0.2, 0.25) is 0 Å². The molecule has 3 rings (SSSR count). The summed E-state index contributed by atoms with van der Waals surface area (Å²) in [5, 5.41) is 26.4. The van der Waals surface area contributed by atoms with Crippen LogP contribution in [-0.2, 0) is 0 Å². The number of ketones is 1. The molecule has 0 bridgehead atoms. The number of nitro benzene ring substituents is 1. The molecule has 12 heteroatoms. The number of amides is 2. The minimum atomic E-state index is -5.39. The third-order valence-electron chi connectivity index (χ3n) is 4.29. The highest BCUT2D eigenvalue weighted by atomic mass is 32.1. The molecule has 2 amide bonds. The molecule has 28 heavy (non-hydrogen) atoms. The summed E-state index contributed by atoms with van der Waals surface area (Å²) in [5.74, 6) is -3.29. The molecule has 1 fully saturated rings. The first-order valence-electron chi connectivity index (χ1n) is 7.74. The number of hydrogen-bond acceptors (Lipinski definition) is 6. The zero-order chi connectivity index (χ0) is 20.7. The predicted molar refractivity (Wildman–Crippen MR) is 90.6 cm³/mol. The molecule has 1 aromatic carbocycles. The summed E-state index contributed by atoms with van der Waals surface area (Å²) in [6.45, 7) is 0. The molecule has 0 radical (unpaired) electrons. The molecule has 1 aromatic heterocycles. The van der Waals surface area contributed by atoms with E-state index in [-0.39, 0.29) is 10.4 Å². The molecule has 148 valence electrons. The fourth-order valence-corrected chi connectivity index (χ4v) is 3.72. The Morgan fingerprint density at radius 3 is 2.57 bits per heavy atom. The van der Waals surface area contributed by atoms with E-state index in [0.717, 1.165) is 23.5 Å². The van der Waals surface area contributed by atoms with Gasteiger partial charge in [-0.05, 0) is 17.0 Å². The lowest BCUT2D eigenvalue weighted by atomic mass is 9.78. The van der Waals surface area contributed by atoms with Crippen LogP contribution in [0.3, 0.4) is 0 Å². The highest BCUT2D eigenvalue weighted by Gasteiger charge is 2.66. The molecule has 1 saturated heterocycles. The van der Waals surface area contributed by atoms with Crippen molar-refractivity contribution in [1.82, 2.24) is 10.6 Å². The van der Waals surface area contributed by atoms with Gasteiger partial charge in [0.1, 0.15) is 5.92 Å². The van der Waals surface area contributed by atoms with Gasteiger partial charge >= 0.3 is 12.2 Å². The number of hydrogen-bond donors (Lipinski definition) is 3. The average Bonchev–Trinajstić information content (AvgIpc) is 3.14. The van der Waals surface area contributed by atoms with Gasteiger partial charge in [0.05, 0.1) is 15.8 Å². The van der Waals surface area contributed by atoms with Crippen molar-refractivity contribution in [2.24, 2.45) is 5.92 Å². The van der Waals surface area contributed by atoms with Crippen molar-refractivity contribution in [2.75, 3.05) is 0 Å². The number of thiophene rings is 1. The Kier molecular flexibility index (Phi) is 4.85. The Hall–Kier alpha value is -2.99. The van der Waals surface area contributed by atoms with Crippen LogP contribution < -0.4 is 10.6 Å². The number of nitrogens with one attached hydrogen (secondary N) is 2. The summed E-state index contributed by atoms with van der Waals surface area (Å²) >= 11 is 0.865. The van der Waals surface area contributed by atoms with Gasteiger partial charge in [0.2, 0.25) is 5.72 Å². The Morgan fingerprint density at radius 2 is 2.00 bits per heavy atom. The second-order valence-corrected chi connectivity index (χ2v) is 6.96. The highest BCUT2D eigenvalue weighted by Crippen LogP contribution is 2.44. The Balaban J connectivity index is 2.17. The van der Waals surface area contributed by atoms with Crippen LogP contribution in [0.5, 0.6) is 0 Å². The predicted octanol–water partition coefficient (Wildman–Crippen LogP) is 2.76. The minimum absolute atomic E-state index is 0.0685. The lowest BCUT2D eigenvalue weighted by molar-refractivity contribution is -0.385. The van der Waals surface area contributed by atoms with E-state index in [4.69, 9.17) is 0 Å². The Labute approximate surface area is 159 Å². The lowest BCUT2D eigenvalue weighted by Gasteiger charge is -2.44. The fraction of sp³-hybridized carbons (Fsp3) is 0.250. The number of carbonyl (C=O) groups is 2. The maximum atomic E-state index is 13.7. The quantitative estimate of drug-likeness (QED) is 0.403. The minimum Gasteiger partial charge on any atom is -0.363 e. The van der Waals surface area contributed by atoms with Crippen molar-refractivity contribution in [3.8, 4) is 0 Å². The van der Waals surface area contributed by atoms with Gasteiger partial charge in [-0.3, -0.25) is 14.9 Å². The maximum Gasteiger partial charge on any atom is 0.437 e. The highest BCUT2D eigenvalue weighted by molar-refractivity contribution is 7.12. The average molecular weight is 415 g/mol. The van der Waals surface area contributed by atoms with Crippen molar-refractivity contribution in [2.45, 2.75) is 17.9 Å². The lowest BCUT2D eigenvalue weighted by Crippen LogP contribution is -2.72. The third kappa shape index (κ3) is 3.31. The number of alkyl halides is 3. The number of carbonyl (C=O) groups excluding carboxylic acids is 2. The first-order chi connectivity index (χ1) is 13.0. The van der Waals surface area contributed by atoms with Crippen LogP contribution in [0.1, 0.15) is 21.3 Å². The van der Waals surface area contributed by atoms with Crippen LogP contribution in [0, 0.1) is 16.0 Å². The van der Waals surface area contributed by atoms with Gasteiger partial charge in [-0.25, -0.2) is 4.79 Å². The van der Waals surface area contributed by atoms with Gasteiger partial charge in [0.25, 0.3) is 5.69 Å². The van der Waals surface area contributed by atoms with Gasteiger partial charge in [0, 0.05) is 12.1 Å². The zero-order valence-corrected chi connectivity index (χ0v) is 14.6. The Morgan fingerprint density at radius 1 is 1.29 bits per heavy atom. The normalized spacial score (nSPS) is 24.9. The summed E-state index contributed by atoms with van der Waals surface area (Å²) in [4.78, 5) is 34.9. The molecular formula is C16H12F3N3O5S. The topological polar surface area (TPSA) is 122 Å². The number of benzene rings is 1. The van der Waals surface area contributed by atoms with Gasteiger partial charge in [-0.1, -0.05) is 18.2 Å². The smallest absolute Gasteiger partial charge is 0.363 e. The molecule has 1 aliphatic heterocycles. The van der Waals surface area contributed by atoms with Crippen molar-refractivity contribution < 1.29 is 32.8 Å². The largest absolute Gasteiger partial charge is 0.437 e. The van der Waals surface area contributed by atoms with Crippen molar-refractivity contribution >= 4 is 28.8 Å². The number of aliphatic hydroxyl groups is 1. The maximum absolute atomic E-state index is 13.7. The summed E-state index contributed by atoms with van der Waals surface area (Å²) < 4.78 is 41.1. The molecule has 3 N–H and O–H groups in total. The summed E-state index contributed by atoms with van der Waals surface area (Å²) in [6.07, 6.45) is -5.39. The van der Waals surface area contributed by atoms with Crippen LogP contribution in [-0.4, -0.2) is 33.7 Å². The van der Waals surface area contributed by atoms with Crippen molar-refractivity contribution in [3.63, 3.8) is 0 Å². The van der Waals surface area contributed by atoms with E-state index < -0.39 is 46.3 Å². The fourth-order valence-electron chi connectivity index (χ4n) is 3.02. The molecule has 1 aliphatic rings. The SMILES string of the molecule is O=C1NC(c2cccc([N+](=O)[O-])c2)C(C(=O)c2cccs2)C(O)(C(F)(F)F)N1. The van der Waals surface area contributed by atoms with Crippen LogP contribution in [0.15, 0.2) is 41.8 Å². The molecule has 3 unspecified atom stereocenters. The number of urea groups is 1. The molecular weight excluding hydrogens is 403 g/mol. The van der Waals surface area contributed by atoms with E-state index in [1.54, 1.807) is 0 Å². The number of non-ortho nitro benzene ring substituents is 1. The van der Waals surface area contributed by atoms with Gasteiger partial charge in [-0.15, -0.1) is 11.3 Å². The molecule has 0 aliphatic carbocycles. The third-order valence-corrected chi connectivity index (χ3v) is 5.18. The first kappa shape index (κ1) is 19.8. The summed E-state index contributed by atoms with van der Waals surface area (Å²) in [5.41, 5.74) is -4.43. The van der Waals surface area contributed by atoms with Gasteiger partial charge in [0.15, 0.2) is 5.78 Å². The number of Topliss-reactive ketones (excluding diaryl/α,β-unsaturated/α-hetero) is 1. The Bertz CT molecular complexity index is 934. The van der Waals surface area contributed by atoms with E-state index in [1.165, 1.54) is 35.0 Å². The van der Waals surface area contributed by atoms with E-state index in [1.807, 2.05) is 0 Å². The van der Waals surface area contributed by atoms with E-state index >= 15 is 0 Å². The molecule has 8 nitrogen and oxygen atoms in total. The van der Waals surface area contributed by atoms with Crippen LogP contribution >= 0.6 is 11.3 Å². The summed E-state index contributed by atoms with van der Waals surface area (Å²) in [6, 6.07) is 4.20.